The van der Waals surface area contributed by atoms with Crippen molar-refractivity contribution in [2.75, 3.05) is 14.2 Å². The lowest BCUT2D eigenvalue weighted by Crippen LogP contribution is -2.41. The number of carbonyl (C=O) groups is 3. The van der Waals surface area contributed by atoms with Crippen molar-refractivity contribution in [3.8, 4) is 17.2 Å². The fourth-order valence-corrected chi connectivity index (χ4v) is 3.25. The summed E-state index contributed by atoms with van der Waals surface area (Å²) in [5.74, 6) is -1.24. The predicted molar refractivity (Wildman–Crippen MR) is 121 cm³/mol. The van der Waals surface area contributed by atoms with E-state index in [4.69, 9.17) is 18.9 Å². The molecule has 0 saturated carbocycles. The van der Waals surface area contributed by atoms with Crippen molar-refractivity contribution in [3.05, 3.63) is 47.3 Å². The van der Waals surface area contributed by atoms with Gasteiger partial charge in [0.15, 0.2) is 11.4 Å². The molecule has 0 unspecified atom stereocenters. The van der Waals surface area contributed by atoms with Crippen molar-refractivity contribution in [1.82, 2.24) is 10.3 Å². The number of methoxy groups -OCH3 is 2. The molecule has 178 valence electrons. The Morgan fingerprint density at radius 3 is 2.30 bits per heavy atom. The van der Waals surface area contributed by atoms with E-state index in [0.29, 0.717) is 0 Å². The van der Waals surface area contributed by atoms with E-state index in [1.165, 1.54) is 33.2 Å². The van der Waals surface area contributed by atoms with Crippen LogP contribution in [-0.4, -0.2) is 49.2 Å². The largest absolute Gasteiger partial charge is 0.497 e. The van der Waals surface area contributed by atoms with Gasteiger partial charge in [-0.25, -0.2) is 9.78 Å². The molecule has 0 aliphatic heterocycles. The van der Waals surface area contributed by atoms with E-state index in [1.807, 2.05) is 32.0 Å². The summed E-state index contributed by atoms with van der Waals surface area (Å²) < 4.78 is 21.1. The maximum absolute atomic E-state index is 12.7. The summed E-state index contributed by atoms with van der Waals surface area (Å²) in [4.78, 5) is 40.8. The van der Waals surface area contributed by atoms with E-state index in [9.17, 15) is 14.4 Å². The second-order valence-electron chi connectivity index (χ2n) is 7.63. The number of rotatable bonds is 9. The number of nitrogens with one attached hydrogen (secondary N) is 1. The Hall–Kier alpha value is -3.62. The van der Waals surface area contributed by atoms with Crippen molar-refractivity contribution >= 4 is 17.8 Å². The Morgan fingerprint density at radius 2 is 1.73 bits per heavy atom. The van der Waals surface area contributed by atoms with E-state index in [0.717, 1.165) is 16.9 Å². The molecule has 0 aliphatic rings. The van der Waals surface area contributed by atoms with Gasteiger partial charge in [0.05, 0.1) is 14.2 Å². The molecule has 1 aromatic heterocycles. The first-order valence-corrected chi connectivity index (χ1v) is 10.5. The van der Waals surface area contributed by atoms with Crippen LogP contribution in [0, 0.1) is 6.92 Å². The highest BCUT2D eigenvalue weighted by Gasteiger charge is 2.27. The second kappa shape index (κ2) is 11.3. The molecule has 1 N–H and O–H groups in total. The Labute approximate surface area is 193 Å². The number of ether oxygens (including phenoxy) is 4. The first kappa shape index (κ1) is 25.6. The third kappa shape index (κ3) is 6.44. The third-order valence-corrected chi connectivity index (χ3v) is 5.22. The van der Waals surface area contributed by atoms with Crippen molar-refractivity contribution in [2.45, 2.75) is 52.7 Å². The lowest BCUT2D eigenvalue weighted by atomic mass is 9.92. The van der Waals surface area contributed by atoms with Gasteiger partial charge in [-0.1, -0.05) is 13.0 Å². The smallest absolute Gasteiger partial charge is 0.328 e. The number of carbonyl (C=O) groups excluding carboxylic acids is 3. The van der Waals surface area contributed by atoms with E-state index in [2.05, 4.69) is 10.3 Å². The molecule has 0 saturated heterocycles. The number of pyridine rings is 1. The highest BCUT2D eigenvalue weighted by atomic mass is 16.6. The summed E-state index contributed by atoms with van der Waals surface area (Å²) in [6.07, 6.45) is 0.889. The fraction of sp³-hybridized carbons (Fsp3) is 0.417. The molecule has 9 nitrogen and oxygen atoms in total. The fourth-order valence-electron chi connectivity index (χ4n) is 3.25. The minimum Gasteiger partial charge on any atom is -0.497 e. The first-order chi connectivity index (χ1) is 15.6. The van der Waals surface area contributed by atoms with Crippen LogP contribution in [0.5, 0.6) is 17.2 Å². The minimum atomic E-state index is -0.970. The van der Waals surface area contributed by atoms with Gasteiger partial charge in [-0.15, -0.1) is 0 Å². The molecule has 1 heterocycles. The van der Waals surface area contributed by atoms with Gasteiger partial charge in [0.25, 0.3) is 5.91 Å². The van der Waals surface area contributed by atoms with Crippen molar-refractivity contribution in [2.24, 2.45) is 0 Å². The first-order valence-electron chi connectivity index (χ1n) is 10.5. The van der Waals surface area contributed by atoms with Gasteiger partial charge in [-0.3, -0.25) is 9.59 Å². The maximum Gasteiger partial charge on any atom is 0.328 e. The number of nitrogens with zero attached hydrogens (tertiary/aromatic N) is 1. The Balaban J connectivity index is 2.08. The molecule has 0 spiro atoms. The van der Waals surface area contributed by atoms with Gasteiger partial charge >= 0.3 is 11.9 Å². The van der Waals surface area contributed by atoms with Gasteiger partial charge < -0.3 is 24.3 Å². The highest BCUT2D eigenvalue weighted by Crippen LogP contribution is 2.30. The zero-order chi connectivity index (χ0) is 24.7. The molecular formula is C24H30N2O7. The van der Waals surface area contributed by atoms with Crippen molar-refractivity contribution in [3.63, 3.8) is 0 Å². The van der Waals surface area contributed by atoms with Gasteiger partial charge in [-0.05, 0) is 44.0 Å². The third-order valence-electron chi connectivity index (χ3n) is 5.22. The van der Waals surface area contributed by atoms with Crippen LogP contribution in [0.15, 0.2) is 30.5 Å². The lowest BCUT2D eigenvalue weighted by Gasteiger charge is -2.24. The van der Waals surface area contributed by atoms with Crippen LogP contribution in [0.25, 0.3) is 0 Å². The Kier molecular flexibility index (Phi) is 8.78. The normalized spacial score (nSPS) is 13.3. The van der Waals surface area contributed by atoms with Crippen LogP contribution in [0.4, 0.5) is 0 Å². The number of hydrogen-bond acceptors (Lipinski definition) is 8. The molecule has 33 heavy (non-hydrogen) atoms. The molecule has 9 heteroatoms. The summed E-state index contributed by atoms with van der Waals surface area (Å²) in [5.41, 5.74) is 1.87. The second-order valence-corrected chi connectivity index (χ2v) is 7.63. The van der Waals surface area contributed by atoms with Crippen LogP contribution in [0.1, 0.15) is 55.2 Å². The van der Waals surface area contributed by atoms with E-state index in [1.54, 1.807) is 14.0 Å². The molecule has 2 rings (SSSR count). The quantitative estimate of drug-likeness (QED) is 0.570. The number of aromatic nitrogens is 1. The van der Waals surface area contributed by atoms with E-state index in [-0.39, 0.29) is 23.1 Å². The number of amides is 1. The summed E-state index contributed by atoms with van der Waals surface area (Å²) in [5, 5.41) is 2.53. The summed E-state index contributed by atoms with van der Waals surface area (Å²) in [7, 11) is 2.98. The van der Waals surface area contributed by atoms with Crippen LogP contribution >= 0.6 is 0 Å². The average Bonchev–Trinajstić information content (AvgIpc) is 2.77. The van der Waals surface area contributed by atoms with Gasteiger partial charge in [0, 0.05) is 25.1 Å². The maximum atomic E-state index is 12.7. The zero-order valence-electron chi connectivity index (χ0n) is 19.9. The SMILES string of the molecule is COc1ccc([C@H](C)[C@H](C)OC(=O)[C@H](C)NC(=O)c2nccc(OC)c2OC(C)=O)c(C)c1. The molecule has 3 atom stereocenters. The van der Waals surface area contributed by atoms with Crippen LogP contribution in [0.3, 0.4) is 0 Å². The molecule has 0 radical (unpaired) electrons. The Bertz CT molecular complexity index is 1020. The average molecular weight is 459 g/mol. The van der Waals surface area contributed by atoms with Crippen molar-refractivity contribution in [1.29, 1.82) is 0 Å². The standard InChI is InChI=1S/C24H30N2O7/c1-13-12-18(30-6)8-9-19(13)14(2)16(4)32-24(29)15(3)26-23(28)21-22(33-17(5)27)20(31-7)10-11-25-21/h8-12,14-16H,1-7H3,(H,26,28)/t14-,15+,16+/m1/s1. The molecule has 1 amide bonds. The Morgan fingerprint density at radius 1 is 1.03 bits per heavy atom. The summed E-state index contributed by atoms with van der Waals surface area (Å²) in [6.45, 7) is 8.42. The molecule has 0 aliphatic carbocycles. The number of benzene rings is 1. The predicted octanol–water partition coefficient (Wildman–Crippen LogP) is 3.19. The molecule has 2 aromatic rings. The topological polar surface area (TPSA) is 113 Å². The summed E-state index contributed by atoms with van der Waals surface area (Å²) >= 11 is 0. The molecule has 0 bridgehead atoms. The molecular weight excluding hydrogens is 428 g/mol. The summed E-state index contributed by atoms with van der Waals surface area (Å²) in [6, 6.07) is 6.21. The number of aryl methyl sites for hydroxylation is 1. The van der Waals surface area contributed by atoms with Gasteiger partial charge in [0.1, 0.15) is 17.9 Å². The van der Waals surface area contributed by atoms with Crippen LogP contribution in [-0.2, 0) is 14.3 Å². The van der Waals surface area contributed by atoms with Crippen LogP contribution in [0.2, 0.25) is 0 Å². The number of hydrogen-bond donors (Lipinski definition) is 1. The monoisotopic (exact) mass is 458 g/mol. The minimum absolute atomic E-state index is 0.0848. The van der Waals surface area contributed by atoms with E-state index >= 15 is 0 Å². The zero-order valence-corrected chi connectivity index (χ0v) is 19.9. The van der Waals surface area contributed by atoms with Gasteiger partial charge in [0.2, 0.25) is 5.75 Å². The van der Waals surface area contributed by atoms with Crippen LogP contribution < -0.4 is 19.5 Å². The lowest BCUT2D eigenvalue weighted by molar-refractivity contribution is -0.151. The molecule has 1 aromatic carbocycles. The van der Waals surface area contributed by atoms with Gasteiger partial charge in [-0.2, -0.15) is 0 Å². The van der Waals surface area contributed by atoms with E-state index < -0.39 is 30.0 Å². The number of esters is 2. The van der Waals surface area contributed by atoms with Crippen molar-refractivity contribution < 1.29 is 33.3 Å². The highest BCUT2D eigenvalue weighted by molar-refractivity contribution is 5.98. The molecule has 0 fully saturated rings.